The number of para-hydroxylation sites is 1. The van der Waals surface area contributed by atoms with Crippen LogP contribution < -0.4 is 0 Å². The lowest BCUT2D eigenvalue weighted by Crippen LogP contribution is -2.33. The molecule has 9 heteroatoms. The lowest BCUT2D eigenvalue weighted by molar-refractivity contribution is -0.148. The molecule has 1 aliphatic heterocycles. The Morgan fingerprint density at radius 3 is 2.68 bits per heavy atom. The molecule has 0 bridgehead atoms. The molecule has 1 amide bonds. The van der Waals surface area contributed by atoms with Gasteiger partial charge in [-0.05, 0) is 26.0 Å². The number of thiocarbonyl (C=S) groups is 1. The van der Waals surface area contributed by atoms with Crippen LogP contribution in [-0.4, -0.2) is 49.4 Å². The second-order valence-corrected chi connectivity index (χ2v) is 8.11. The molecule has 146 valence electrons. The molecule has 0 radical (unpaired) electrons. The number of benzene rings is 1. The fraction of sp³-hybridized carbons (Fsp3) is 0.263. The number of nitrogens with zero attached hydrogens (tertiary/aromatic N) is 2. The summed E-state index contributed by atoms with van der Waals surface area (Å²) in [6, 6.07) is 7.50. The van der Waals surface area contributed by atoms with Gasteiger partial charge in [-0.3, -0.25) is 19.3 Å². The molecule has 7 nitrogen and oxygen atoms in total. The molecule has 1 saturated heterocycles. The van der Waals surface area contributed by atoms with E-state index in [2.05, 4.69) is 0 Å². The fourth-order valence-electron chi connectivity index (χ4n) is 2.87. The van der Waals surface area contributed by atoms with Crippen molar-refractivity contribution in [2.24, 2.45) is 0 Å². The van der Waals surface area contributed by atoms with Crippen molar-refractivity contribution in [1.29, 1.82) is 0 Å². The van der Waals surface area contributed by atoms with E-state index < -0.39 is 18.4 Å². The SMILES string of the molecule is CC(C)OC(=O)Cn1cc(/C=C2\SC(=S)N(CC(=O)O)C2=O)c2ccccc21. The Bertz CT molecular complexity index is 1010. The van der Waals surface area contributed by atoms with Gasteiger partial charge in [0.1, 0.15) is 17.4 Å². The van der Waals surface area contributed by atoms with Gasteiger partial charge in [-0.15, -0.1) is 0 Å². The molecule has 3 rings (SSSR count). The van der Waals surface area contributed by atoms with Gasteiger partial charge in [-0.2, -0.15) is 0 Å². The number of carboxylic acid groups (broad SMARTS) is 1. The normalized spacial score (nSPS) is 15.8. The van der Waals surface area contributed by atoms with E-state index >= 15 is 0 Å². The first kappa shape index (κ1) is 20.1. The summed E-state index contributed by atoms with van der Waals surface area (Å²) in [7, 11) is 0. The van der Waals surface area contributed by atoms with Crippen molar-refractivity contribution < 1.29 is 24.2 Å². The van der Waals surface area contributed by atoms with Crippen molar-refractivity contribution in [3.8, 4) is 0 Å². The quantitative estimate of drug-likeness (QED) is 0.438. The van der Waals surface area contributed by atoms with Crippen LogP contribution in [0.1, 0.15) is 19.4 Å². The summed E-state index contributed by atoms with van der Waals surface area (Å²) in [6.07, 6.45) is 3.24. The fourth-order valence-corrected chi connectivity index (χ4v) is 4.12. The molecule has 0 saturated carbocycles. The highest BCUT2D eigenvalue weighted by molar-refractivity contribution is 8.26. The van der Waals surface area contributed by atoms with Crippen molar-refractivity contribution in [1.82, 2.24) is 9.47 Å². The van der Waals surface area contributed by atoms with E-state index in [1.165, 1.54) is 0 Å². The molecular formula is C19H18N2O5S2. The lowest BCUT2D eigenvalue weighted by Gasteiger charge is -2.10. The first-order valence-electron chi connectivity index (χ1n) is 8.50. The van der Waals surface area contributed by atoms with E-state index in [9.17, 15) is 14.4 Å². The number of carboxylic acids is 1. The summed E-state index contributed by atoms with van der Waals surface area (Å²) in [5.74, 6) is -1.92. The number of esters is 1. The van der Waals surface area contributed by atoms with Gasteiger partial charge in [0.2, 0.25) is 0 Å². The van der Waals surface area contributed by atoms with E-state index in [1.807, 2.05) is 24.3 Å². The van der Waals surface area contributed by atoms with Crippen LogP contribution in [0.5, 0.6) is 0 Å². The van der Waals surface area contributed by atoms with Crippen LogP contribution in [0.4, 0.5) is 0 Å². The molecule has 1 aliphatic rings. The zero-order valence-electron chi connectivity index (χ0n) is 15.2. The van der Waals surface area contributed by atoms with E-state index in [0.29, 0.717) is 4.91 Å². The Morgan fingerprint density at radius 1 is 1.29 bits per heavy atom. The van der Waals surface area contributed by atoms with Crippen LogP contribution in [0.15, 0.2) is 35.4 Å². The molecule has 1 aromatic carbocycles. The number of ether oxygens (including phenoxy) is 1. The van der Waals surface area contributed by atoms with Crippen LogP contribution in [0, 0.1) is 0 Å². The standard InChI is InChI=1S/C19H18N2O5S2/c1-11(2)26-17(24)10-20-8-12(13-5-3-4-6-14(13)20)7-15-18(25)21(9-16(22)23)19(27)28-15/h3-8,11H,9-10H2,1-2H3,(H,22,23)/b15-7-. The van der Waals surface area contributed by atoms with E-state index in [1.54, 1.807) is 30.7 Å². The largest absolute Gasteiger partial charge is 0.480 e. The summed E-state index contributed by atoms with van der Waals surface area (Å²) >= 11 is 6.19. The molecule has 1 fully saturated rings. The van der Waals surface area contributed by atoms with Crippen molar-refractivity contribution in [3.63, 3.8) is 0 Å². The summed E-state index contributed by atoms with van der Waals surface area (Å²) in [5, 5.41) is 9.81. The number of rotatable bonds is 6. The second kappa shape index (κ2) is 8.15. The number of hydrogen-bond donors (Lipinski definition) is 1. The topological polar surface area (TPSA) is 88.8 Å². The minimum absolute atomic E-state index is 0.0481. The number of carbonyl (C=O) groups excluding carboxylic acids is 2. The average Bonchev–Trinajstić information content (AvgIpc) is 3.07. The van der Waals surface area contributed by atoms with Crippen molar-refractivity contribution in [2.45, 2.75) is 26.5 Å². The Morgan fingerprint density at radius 2 is 2.00 bits per heavy atom. The summed E-state index contributed by atoms with van der Waals surface area (Å²) < 4.78 is 7.19. The van der Waals surface area contributed by atoms with Gasteiger partial charge < -0.3 is 14.4 Å². The Hall–Kier alpha value is -2.65. The molecule has 28 heavy (non-hydrogen) atoms. The minimum atomic E-state index is -1.13. The van der Waals surface area contributed by atoms with Gasteiger partial charge in [-0.1, -0.05) is 42.2 Å². The predicted octanol–water partition coefficient (Wildman–Crippen LogP) is 2.88. The van der Waals surface area contributed by atoms with Gasteiger partial charge in [-0.25, -0.2) is 0 Å². The van der Waals surface area contributed by atoms with E-state index in [4.69, 9.17) is 22.1 Å². The predicted molar refractivity (Wildman–Crippen MR) is 111 cm³/mol. The highest BCUT2D eigenvalue weighted by Crippen LogP contribution is 2.34. The molecule has 2 heterocycles. The van der Waals surface area contributed by atoms with Crippen molar-refractivity contribution >= 4 is 63.1 Å². The Kier molecular flexibility index (Phi) is 5.85. The maximum absolute atomic E-state index is 12.5. The number of aromatic nitrogens is 1. The Labute approximate surface area is 170 Å². The van der Waals surface area contributed by atoms with E-state index in [0.717, 1.165) is 33.1 Å². The van der Waals surface area contributed by atoms with Crippen LogP contribution in [0.2, 0.25) is 0 Å². The molecule has 0 unspecified atom stereocenters. The third kappa shape index (κ3) is 4.26. The van der Waals surface area contributed by atoms with Crippen LogP contribution in [0.3, 0.4) is 0 Å². The summed E-state index contributed by atoms with van der Waals surface area (Å²) in [6.45, 7) is 3.16. The molecule has 1 N–H and O–H groups in total. The highest BCUT2D eigenvalue weighted by atomic mass is 32.2. The number of thioether (sulfide) groups is 1. The minimum Gasteiger partial charge on any atom is -0.480 e. The Balaban J connectivity index is 1.95. The lowest BCUT2D eigenvalue weighted by atomic mass is 10.1. The van der Waals surface area contributed by atoms with Crippen molar-refractivity contribution in [2.75, 3.05) is 6.54 Å². The third-order valence-electron chi connectivity index (χ3n) is 3.94. The van der Waals surface area contributed by atoms with Crippen LogP contribution in [0.25, 0.3) is 17.0 Å². The van der Waals surface area contributed by atoms with Crippen LogP contribution >= 0.6 is 24.0 Å². The van der Waals surface area contributed by atoms with Crippen molar-refractivity contribution in [3.05, 3.63) is 40.9 Å². The molecular weight excluding hydrogens is 400 g/mol. The van der Waals surface area contributed by atoms with Gasteiger partial charge in [0, 0.05) is 22.7 Å². The average molecular weight is 418 g/mol. The molecule has 1 aromatic heterocycles. The maximum atomic E-state index is 12.5. The zero-order valence-corrected chi connectivity index (χ0v) is 16.9. The molecule has 0 atom stereocenters. The number of fused-ring (bicyclic) bond motifs is 1. The molecule has 2 aromatic rings. The van der Waals surface area contributed by atoms with Gasteiger partial charge in [0.15, 0.2) is 0 Å². The molecule has 0 aliphatic carbocycles. The highest BCUT2D eigenvalue weighted by Gasteiger charge is 2.33. The van der Waals surface area contributed by atoms with Crippen LogP contribution in [-0.2, 0) is 25.7 Å². The number of amides is 1. The number of hydrogen-bond acceptors (Lipinski definition) is 6. The second-order valence-electron chi connectivity index (χ2n) is 6.43. The van der Waals surface area contributed by atoms with E-state index in [-0.39, 0.29) is 22.9 Å². The summed E-state index contributed by atoms with van der Waals surface area (Å²) in [5.41, 5.74) is 1.57. The van der Waals surface area contributed by atoms with Gasteiger partial charge >= 0.3 is 11.9 Å². The van der Waals surface area contributed by atoms with Gasteiger partial charge in [0.05, 0.1) is 11.0 Å². The third-order valence-corrected chi connectivity index (χ3v) is 5.32. The molecule has 0 spiro atoms. The number of aliphatic carboxylic acids is 1. The summed E-state index contributed by atoms with van der Waals surface area (Å²) in [4.78, 5) is 36.9. The first-order chi connectivity index (χ1) is 13.3. The maximum Gasteiger partial charge on any atom is 0.326 e. The monoisotopic (exact) mass is 418 g/mol. The first-order valence-corrected chi connectivity index (χ1v) is 9.73. The zero-order chi connectivity index (χ0) is 20.4. The van der Waals surface area contributed by atoms with Gasteiger partial charge in [0.25, 0.3) is 5.91 Å². The number of carbonyl (C=O) groups is 3. The smallest absolute Gasteiger partial charge is 0.326 e.